The molecule has 0 saturated carbocycles. The van der Waals surface area contributed by atoms with E-state index in [-0.39, 0.29) is 0 Å². The number of hydrogen-bond acceptors (Lipinski definition) is 2. The summed E-state index contributed by atoms with van der Waals surface area (Å²) >= 11 is 2.24. The SMILES string of the molecule is CC(C)(O)COc1ccc(I)cc1. The largest absolute Gasteiger partial charge is 0.491 e. The molecule has 3 heteroatoms. The topological polar surface area (TPSA) is 29.5 Å². The molecular formula is C10H13IO2. The van der Waals surface area contributed by atoms with Gasteiger partial charge in [-0.05, 0) is 60.7 Å². The van der Waals surface area contributed by atoms with Crippen LogP contribution in [0, 0.1) is 3.57 Å². The zero-order valence-corrected chi connectivity index (χ0v) is 9.91. The highest BCUT2D eigenvalue weighted by Crippen LogP contribution is 2.14. The van der Waals surface area contributed by atoms with Crippen molar-refractivity contribution < 1.29 is 9.84 Å². The smallest absolute Gasteiger partial charge is 0.119 e. The first kappa shape index (κ1) is 10.8. The highest BCUT2D eigenvalue weighted by molar-refractivity contribution is 14.1. The van der Waals surface area contributed by atoms with Gasteiger partial charge in [-0.3, -0.25) is 0 Å². The molecule has 0 aliphatic heterocycles. The van der Waals surface area contributed by atoms with Crippen LogP contribution in [0.5, 0.6) is 5.75 Å². The summed E-state index contributed by atoms with van der Waals surface area (Å²) in [7, 11) is 0. The summed E-state index contributed by atoms with van der Waals surface area (Å²) in [6.07, 6.45) is 0. The maximum atomic E-state index is 9.41. The Morgan fingerprint density at radius 3 is 2.31 bits per heavy atom. The molecule has 0 amide bonds. The van der Waals surface area contributed by atoms with Gasteiger partial charge < -0.3 is 9.84 Å². The van der Waals surface area contributed by atoms with Crippen molar-refractivity contribution in [2.45, 2.75) is 19.4 Å². The summed E-state index contributed by atoms with van der Waals surface area (Å²) < 4.78 is 6.55. The van der Waals surface area contributed by atoms with Gasteiger partial charge in [-0.15, -0.1) is 0 Å². The maximum absolute atomic E-state index is 9.41. The Labute approximate surface area is 92.1 Å². The quantitative estimate of drug-likeness (QED) is 0.867. The summed E-state index contributed by atoms with van der Waals surface area (Å²) in [4.78, 5) is 0. The van der Waals surface area contributed by atoms with Crippen LogP contribution in [0.2, 0.25) is 0 Å². The van der Waals surface area contributed by atoms with E-state index in [1.807, 2.05) is 24.3 Å². The van der Waals surface area contributed by atoms with E-state index in [1.54, 1.807) is 13.8 Å². The highest BCUT2D eigenvalue weighted by atomic mass is 127. The fourth-order valence-electron chi connectivity index (χ4n) is 0.791. The van der Waals surface area contributed by atoms with Gasteiger partial charge in [0.2, 0.25) is 0 Å². The molecule has 72 valence electrons. The summed E-state index contributed by atoms with van der Waals surface area (Å²) in [5.41, 5.74) is -0.775. The van der Waals surface area contributed by atoms with Crippen LogP contribution in [-0.4, -0.2) is 17.3 Å². The van der Waals surface area contributed by atoms with E-state index >= 15 is 0 Å². The molecule has 0 fully saturated rings. The highest BCUT2D eigenvalue weighted by Gasteiger charge is 2.12. The van der Waals surface area contributed by atoms with Crippen LogP contribution >= 0.6 is 22.6 Å². The van der Waals surface area contributed by atoms with Gasteiger partial charge in [-0.1, -0.05) is 0 Å². The Hall–Kier alpha value is -0.290. The number of hydrogen-bond donors (Lipinski definition) is 1. The molecule has 0 aromatic heterocycles. The minimum atomic E-state index is -0.775. The molecule has 0 unspecified atom stereocenters. The molecule has 1 aromatic carbocycles. The van der Waals surface area contributed by atoms with Gasteiger partial charge in [-0.2, -0.15) is 0 Å². The number of rotatable bonds is 3. The Morgan fingerprint density at radius 1 is 1.31 bits per heavy atom. The van der Waals surface area contributed by atoms with Crippen molar-refractivity contribution >= 4 is 22.6 Å². The standard InChI is InChI=1S/C10H13IO2/c1-10(2,12)7-13-9-5-3-8(11)4-6-9/h3-6,12H,7H2,1-2H3. The van der Waals surface area contributed by atoms with Crippen molar-refractivity contribution in [2.24, 2.45) is 0 Å². The first-order valence-electron chi connectivity index (χ1n) is 4.08. The molecule has 0 atom stereocenters. The molecule has 0 heterocycles. The summed E-state index contributed by atoms with van der Waals surface area (Å²) in [6, 6.07) is 7.74. The molecule has 2 nitrogen and oxygen atoms in total. The average Bonchev–Trinajstić information content (AvgIpc) is 2.02. The third-order valence-electron chi connectivity index (χ3n) is 1.41. The van der Waals surface area contributed by atoms with Crippen LogP contribution in [0.1, 0.15) is 13.8 Å². The molecule has 0 saturated heterocycles. The van der Waals surface area contributed by atoms with Crippen LogP contribution in [0.15, 0.2) is 24.3 Å². The van der Waals surface area contributed by atoms with Crippen molar-refractivity contribution in [3.8, 4) is 5.75 Å². The van der Waals surface area contributed by atoms with Gasteiger partial charge in [0.25, 0.3) is 0 Å². The Balaban J connectivity index is 2.51. The van der Waals surface area contributed by atoms with Crippen molar-refractivity contribution in [3.05, 3.63) is 27.8 Å². The molecular weight excluding hydrogens is 279 g/mol. The lowest BCUT2D eigenvalue weighted by molar-refractivity contribution is 0.0285. The Bertz CT molecular complexity index is 261. The van der Waals surface area contributed by atoms with Crippen LogP contribution in [0.3, 0.4) is 0 Å². The Kier molecular flexibility index (Phi) is 3.55. The summed E-state index contributed by atoms with van der Waals surface area (Å²) in [6.45, 7) is 3.76. The van der Waals surface area contributed by atoms with E-state index in [1.165, 1.54) is 3.57 Å². The normalized spacial score (nSPS) is 11.4. The lowest BCUT2D eigenvalue weighted by Crippen LogP contribution is -2.27. The molecule has 1 N–H and O–H groups in total. The second-order valence-electron chi connectivity index (χ2n) is 3.56. The van der Waals surface area contributed by atoms with E-state index in [0.29, 0.717) is 6.61 Å². The van der Waals surface area contributed by atoms with Gasteiger partial charge >= 0.3 is 0 Å². The lowest BCUT2D eigenvalue weighted by atomic mass is 10.2. The van der Waals surface area contributed by atoms with Gasteiger partial charge in [0.15, 0.2) is 0 Å². The average molecular weight is 292 g/mol. The molecule has 13 heavy (non-hydrogen) atoms. The van der Waals surface area contributed by atoms with Crippen LogP contribution in [0.4, 0.5) is 0 Å². The van der Waals surface area contributed by atoms with Gasteiger partial charge in [0.1, 0.15) is 12.4 Å². The third kappa shape index (κ3) is 4.47. The van der Waals surface area contributed by atoms with Crippen LogP contribution in [0.25, 0.3) is 0 Å². The second-order valence-corrected chi connectivity index (χ2v) is 4.80. The predicted molar refractivity (Wildman–Crippen MR) is 61.0 cm³/mol. The van der Waals surface area contributed by atoms with E-state index in [0.717, 1.165) is 5.75 Å². The molecule has 0 aliphatic carbocycles. The van der Waals surface area contributed by atoms with E-state index in [9.17, 15) is 5.11 Å². The fraction of sp³-hybridized carbons (Fsp3) is 0.400. The lowest BCUT2D eigenvalue weighted by Gasteiger charge is -2.17. The fourth-order valence-corrected chi connectivity index (χ4v) is 1.15. The van der Waals surface area contributed by atoms with Crippen molar-refractivity contribution in [2.75, 3.05) is 6.61 Å². The molecule has 1 rings (SSSR count). The molecule has 1 aromatic rings. The number of halogens is 1. The molecule has 0 radical (unpaired) electrons. The summed E-state index contributed by atoms with van der Waals surface area (Å²) in [5, 5.41) is 9.41. The van der Waals surface area contributed by atoms with Crippen molar-refractivity contribution in [1.29, 1.82) is 0 Å². The first-order chi connectivity index (χ1) is 5.97. The monoisotopic (exact) mass is 292 g/mol. The molecule has 0 aliphatic rings. The minimum absolute atomic E-state index is 0.313. The third-order valence-corrected chi connectivity index (χ3v) is 2.12. The second kappa shape index (κ2) is 4.28. The van der Waals surface area contributed by atoms with E-state index in [4.69, 9.17) is 4.74 Å². The van der Waals surface area contributed by atoms with Gasteiger partial charge in [0.05, 0.1) is 5.60 Å². The molecule has 0 spiro atoms. The first-order valence-corrected chi connectivity index (χ1v) is 5.16. The van der Waals surface area contributed by atoms with E-state index in [2.05, 4.69) is 22.6 Å². The number of aliphatic hydroxyl groups is 1. The van der Waals surface area contributed by atoms with E-state index < -0.39 is 5.60 Å². The summed E-state index contributed by atoms with van der Waals surface area (Å²) in [5.74, 6) is 0.794. The Morgan fingerprint density at radius 2 is 1.85 bits per heavy atom. The van der Waals surface area contributed by atoms with Gasteiger partial charge in [-0.25, -0.2) is 0 Å². The zero-order chi connectivity index (χ0) is 9.90. The number of benzene rings is 1. The van der Waals surface area contributed by atoms with Crippen LogP contribution in [-0.2, 0) is 0 Å². The minimum Gasteiger partial charge on any atom is -0.491 e. The zero-order valence-electron chi connectivity index (χ0n) is 7.75. The molecule has 0 bridgehead atoms. The predicted octanol–water partition coefficient (Wildman–Crippen LogP) is 2.44. The van der Waals surface area contributed by atoms with Crippen molar-refractivity contribution in [1.82, 2.24) is 0 Å². The van der Waals surface area contributed by atoms with Gasteiger partial charge in [0, 0.05) is 3.57 Å². The maximum Gasteiger partial charge on any atom is 0.119 e. The number of ether oxygens (including phenoxy) is 1. The van der Waals surface area contributed by atoms with Crippen LogP contribution < -0.4 is 4.74 Å². The van der Waals surface area contributed by atoms with Crippen molar-refractivity contribution in [3.63, 3.8) is 0 Å².